The summed E-state index contributed by atoms with van der Waals surface area (Å²) in [6.07, 6.45) is 2.21. The molecule has 2 aliphatic heterocycles. The number of nitrogens with zero attached hydrogens (tertiary/aromatic N) is 1. The van der Waals surface area contributed by atoms with Crippen molar-refractivity contribution in [3.63, 3.8) is 0 Å². The third-order valence-electron chi connectivity index (χ3n) is 3.01. The maximum Gasteiger partial charge on any atom is 0.0604 e. The first-order valence-electron chi connectivity index (χ1n) is 4.97. The number of rotatable bonds is 2. The van der Waals surface area contributed by atoms with E-state index in [1.54, 1.807) is 0 Å². The Morgan fingerprint density at radius 3 is 2.83 bits per heavy atom. The summed E-state index contributed by atoms with van der Waals surface area (Å²) in [6.45, 7) is 5.55. The van der Waals surface area contributed by atoms with E-state index in [9.17, 15) is 5.11 Å². The van der Waals surface area contributed by atoms with Crippen LogP contribution < -0.4 is 5.32 Å². The minimum Gasteiger partial charge on any atom is -0.393 e. The van der Waals surface area contributed by atoms with Gasteiger partial charge in [-0.25, -0.2) is 0 Å². The van der Waals surface area contributed by atoms with E-state index in [1.165, 1.54) is 19.5 Å². The largest absolute Gasteiger partial charge is 0.393 e. The molecule has 3 heteroatoms. The average Bonchev–Trinajstić information content (AvgIpc) is 2.00. The van der Waals surface area contributed by atoms with Crippen molar-refractivity contribution in [1.29, 1.82) is 0 Å². The van der Waals surface area contributed by atoms with Crippen molar-refractivity contribution in [2.24, 2.45) is 5.92 Å². The van der Waals surface area contributed by atoms with Crippen LogP contribution in [0.5, 0.6) is 0 Å². The van der Waals surface area contributed by atoms with Crippen molar-refractivity contribution in [1.82, 2.24) is 10.2 Å². The lowest BCUT2D eigenvalue weighted by atomic mass is 9.94. The Balaban J connectivity index is 1.76. The predicted octanol–water partition coefficient (Wildman–Crippen LogP) is -0.337. The van der Waals surface area contributed by atoms with Gasteiger partial charge in [-0.3, -0.25) is 0 Å². The number of piperidine rings is 1. The summed E-state index contributed by atoms with van der Waals surface area (Å²) in [5.74, 6) is 0.471. The van der Waals surface area contributed by atoms with E-state index in [2.05, 4.69) is 10.2 Å². The summed E-state index contributed by atoms with van der Waals surface area (Å²) in [7, 11) is 0. The zero-order chi connectivity index (χ0) is 8.39. The summed E-state index contributed by atoms with van der Waals surface area (Å²) in [5.41, 5.74) is 0. The molecule has 2 rings (SSSR count). The minimum atomic E-state index is -0.0631. The van der Waals surface area contributed by atoms with Gasteiger partial charge in [-0.15, -0.1) is 0 Å². The van der Waals surface area contributed by atoms with Gasteiger partial charge in [0.2, 0.25) is 0 Å². The molecule has 12 heavy (non-hydrogen) atoms. The highest BCUT2D eigenvalue weighted by Gasteiger charge is 2.26. The molecule has 0 radical (unpaired) electrons. The molecule has 0 aromatic carbocycles. The van der Waals surface area contributed by atoms with Crippen molar-refractivity contribution in [3.8, 4) is 0 Å². The van der Waals surface area contributed by atoms with Gasteiger partial charge < -0.3 is 15.3 Å². The van der Waals surface area contributed by atoms with Gasteiger partial charge in [0, 0.05) is 19.0 Å². The Morgan fingerprint density at radius 2 is 2.25 bits per heavy atom. The maximum absolute atomic E-state index is 9.67. The molecule has 2 N–H and O–H groups in total. The van der Waals surface area contributed by atoms with E-state index in [1.807, 2.05) is 0 Å². The van der Waals surface area contributed by atoms with Crippen molar-refractivity contribution in [2.75, 3.05) is 32.7 Å². The Labute approximate surface area is 73.8 Å². The highest BCUT2D eigenvalue weighted by atomic mass is 16.3. The lowest BCUT2D eigenvalue weighted by Crippen LogP contribution is -2.49. The Bertz CT molecular complexity index is 147. The monoisotopic (exact) mass is 170 g/mol. The Kier molecular flexibility index (Phi) is 2.63. The quantitative estimate of drug-likeness (QED) is 0.595. The van der Waals surface area contributed by atoms with E-state index < -0.39 is 0 Å². The molecule has 2 atom stereocenters. The van der Waals surface area contributed by atoms with Crippen molar-refractivity contribution >= 4 is 0 Å². The second kappa shape index (κ2) is 3.73. The molecule has 0 aromatic heterocycles. The van der Waals surface area contributed by atoms with Crippen LogP contribution in [0, 0.1) is 5.92 Å². The van der Waals surface area contributed by atoms with Crippen LogP contribution in [0.2, 0.25) is 0 Å². The van der Waals surface area contributed by atoms with E-state index in [-0.39, 0.29) is 6.10 Å². The van der Waals surface area contributed by atoms with Gasteiger partial charge >= 0.3 is 0 Å². The summed E-state index contributed by atoms with van der Waals surface area (Å²) >= 11 is 0. The molecule has 0 saturated carbocycles. The smallest absolute Gasteiger partial charge is 0.0604 e. The zero-order valence-corrected chi connectivity index (χ0v) is 7.50. The van der Waals surface area contributed by atoms with Crippen LogP contribution in [-0.4, -0.2) is 48.8 Å². The molecule has 2 fully saturated rings. The first kappa shape index (κ1) is 8.48. The highest BCUT2D eigenvalue weighted by molar-refractivity contribution is 4.82. The number of likely N-dealkylation sites (tertiary alicyclic amines) is 1. The molecule has 0 aliphatic carbocycles. The molecule has 0 amide bonds. The van der Waals surface area contributed by atoms with Crippen LogP contribution in [0.15, 0.2) is 0 Å². The molecule has 2 heterocycles. The Morgan fingerprint density at radius 1 is 1.42 bits per heavy atom. The summed E-state index contributed by atoms with van der Waals surface area (Å²) in [4.78, 5) is 2.43. The number of aliphatic hydroxyl groups is 1. The first-order valence-corrected chi connectivity index (χ1v) is 4.97. The lowest BCUT2D eigenvalue weighted by molar-refractivity contribution is 0.0401. The van der Waals surface area contributed by atoms with Gasteiger partial charge in [-0.05, 0) is 32.5 Å². The van der Waals surface area contributed by atoms with Gasteiger partial charge in [0.25, 0.3) is 0 Å². The average molecular weight is 170 g/mol. The first-order chi connectivity index (χ1) is 5.86. The maximum atomic E-state index is 9.67. The minimum absolute atomic E-state index is 0.0631. The van der Waals surface area contributed by atoms with Crippen molar-refractivity contribution < 1.29 is 5.11 Å². The fourth-order valence-electron chi connectivity index (χ4n) is 1.99. The normalized spacial score (nSPS) is 37.8. The SMILES string of the molecule is OC1CCNCC1CN1CCC1. The van der Waals surface area contributed by atoms with Crippen LogP contribution in [0.1, 0.15) is 12.8 Å². The van der Waals surface area contributed by atoms with Crippen molar-refractivity contribution in [2.45, 2.75) is 18.9 Å². The number of nitrogens with one attached hydrogen (secondary N) is 1. The summed E-state index contributed by atoms with van der Waals surface area (Å²) in [5, 5.41) is 13.0. The number of hydrogen-bond acceptors (Lipinski definition) is 3. The molecule has 3 nitrogen and oxygen atoms in total. The van der Waals surface area contributed by atoms with E-state index in [4.69, 9.17) is 0 Å². The highest BCUT2D eigenvalue weighted by Crippen LogP contribution is 2.16. The second-order valence-electron chi connectivity index (χ2n) is 3.97. The molecule has 70 valence electrons. The fraction of sp³-hybridized carbons (Fsp3) is 1.00. The van der Waals surface area contributed by atoms with Gasteiger partial charge in [0.1, 0.15) is 0 Å². The molecule has 0 aromatic rings. The molecule has 0 spiro atoms. The van der Waals surface area contributed by atoms with E-state index >= 15 is 0 Å². The molecule has 0 bridgehead atoms. The predicted molar refractivity (Wildman–Crippen MR) is 48.0 cm³/mol. The molecule has 2 aliphatic rings. The number of hydrogen-bond donors (Lipinski definition) is 2. The van der Waals surface area contributed by atoms with E-state index in [0.29, 0.717) is 5.92 Å². The fourth-order valence-corrected chi connectivity index (χ4v) is 1.99. The number of aliphatic hydroxyl groups excluding tert-OH is 1. The van der Waals surface area contributed by atoms with Gasteiger partial charge in [0.15, 0.2) is 0 Å². The second-order valence-corrected chi connectivity index (χ2v) is 3.97. The van der Waals surface area contributed by atoms with Crippen molar-refractivity contribution in [3.05, 3.63) is 0 Å². The molecular weight excluding hydrogens is 152 g/mol. The Hall–Kier alpha value is -0.120. The molecule has 2 unspecified atom stereocenters. The van der Waals surface area contributed by atoms with Gasteiger partial charge in [0.05, 0.1) is 6.10 Å². The third-order valence-corrected chi connectivity index (χ3v) is 3.01. The van der Waals surface area contributed by atoms with Crippen LogP contribution in [0.3, 0.4) is 0 Å². The molecule has 2 saturated heterocycles. The molecular formula is C9H18N2O. The summed E-state index contributed by atoms with van der Waals surface area (Å²) in [6, 6.07) is 0. The van der Waals surface area contributed by atoms with Crippen LogP contribution in [0.25, 0.3) is 0 Å². The topological polar surface area (TPSA) is 35.5 Å². The van der Waals surface area contributed by atoms with E-state index in [0.717, 1.165) is 26.1 Å². The van der Waals surface area contributed by atoms with Gasteiger partial charge in [-0.2, -0.15) is 0 Å². The summed E-state index contributed by atoms with van der Waals surface area (Å²) < 4.78 is 0. The lowest BCUT2D eigenvalue weighted by Gasteiger charge is -2.37. The van der Waals surface area contributed by atoms with Crippen LogP contribution in [-0.2, 0) is 0 Å². The standard InChI is InChI=1S/C9H18N2O/c12-9-2-3-10-6-8(9)7-11-4-1-5-11/h8-10,12H,1-7H2. The third kappa shape index (κ3) is 1.79. The zero-order valence-electron chi connectivity index (χ0n) is 7.50. The van der Waals surface area contributed by atoms with Crippen LogP contribution in [0.4, 0.5) is 0 Å². The van der Waals surface area contributed by atoms with Gasteiger partial charge in [-0.1, -0.05) is 0 Å². The van der Waals surface area contributed by atoms with Crippen LogP contribution >= 0.6 is 0 Å².